The van der Waals surface area contributed by atoms with Gasteiger partial charge in [0.05, 0.1) is 24.9 Å². The van der Waals surface area contributed by atoms with Crippen molar-refractivity contribution in [1.82, 2.24) is 15.0 Å². The van der Waals surface area contributed by atoms with Crippen molar-refractivity contribution in [2.45, 2.75) is 69.7 Å². The van der Waals surface area contributed by atoms with Gasteiger partial charge in [0.1, 0.15) is 13.7 Å². The lowest BCUT2D eigenvalue weighted by Crippen LogP contribution is -2.26. The molecule has 0 saturated carbocycles. The van der Waals surface area contributed by atoms with E-state index in [0.717, 1.165) is 11.1 Å². The Morgan fingerprint density at radius 1 is 1.09 bits per heavy atom. The van der Waals surface area contributed by atoms with Crippen molar-refractivity contribution in [3.05, 3.63) is 35.9 Å². The molecule has 1 aromatic carbocycles. The second-order valence-electron chi connectivity index (χ2n) is 8.64. The maximum Gasteiger partial charge on any atom is 0.192 e. The van der Waals surface area contributed by atoms with E-state index in [2.05, 4.69) is 48.3 Å². The van der Waals surface area contributed by atoms with Crippen LogP contribution in [0.5, 0.6) is 0 Å². The van der Waals surface area contributed by atoms with Crippen LogP contribution in [0.15, 0.2) is 35.5 Å². The molecule has 0 spiro atoms. The summed E-state index contributed by atoms with van der Waals surface area (Å²) in [6.45, 7) is 9.94. The van der Waals surface area contributed by atoms with Gasteiger partial charge in [-0.05, 0) is 38.7 Å². The van der Waals surface area contributed by atoms with Gasteiger partial charge in [-0.25, -0.2) is 9.97 Å². The average Bonchev–Trinajstić information content (AvgIpc) is 3.21. The Hall–Kier alpha value is -1.55. The fourth-order valence-electron chi connectivity index (χ4n) is 3.16. The predicted molar refractivity (Wildman–Crippen MR) is 144 cm³/mol. The highest BCUT2D eigenvalue weighted by atomic mass is 32.2. The van der Waals surface area contributed by atoms with Crippen molar-refractivity contribution >= 4 is 53.4 Å². The second-order valence-corrected chi connectivity index (χ2v) is 11.6. The number of fused-ring (bicyclic) bond motifs is 1. The zero-order valence-corrected chi connectivity index (χ0v) is 22.8. The highest BCUT2D eigenvalue weighted by molar-refractivity contribution is 7.99. The SMILES string of the molecule is CC(C)CC(CO)Nc1nc(S[C@@H](C)c2ccccc2)nc2nc(NPOC(C)C(C)O)sc12. The summed E-state index contributed by atoms with van der Waals surface area (Å²) in [5.74, 6) is 1.11. The van der Waals surface area contributed by atoms with Gasteiger partial charge in [0.25, 0.3) is 0 Å². The van der Waals surface area contributed by atoms with Crippen LogP contribution < -0.4 is 10.4 Å². The Morgan fingerprint density at radius 2 is 1.82 bits per heavy atom. The molecule has 2 heterocycles. The fourth-order valence-corrected chi connectivity index (χ4v) is 5.68. The highest BCUT2D eigenvalue weighted by Crippen LogP contribution is 2.38. The van der Waals surface area contributed by atoms with Gasteiger partial charge in [-0.15, -0.1) is 0 Å². The number of aliphatic hydroxyl groups excluding tert-OH is 2. The van der Waals surface area contributed by atoms with Crippen molar-refractivity contribution in [2.24, 2.45) is 5.92 Å². The second kappa shape index (κ2) is 13.0. The van der Waals surface area contributed by atoms with Crippen LogP contribution in [0.2, 0.25) is 0 Å². The predicted octanol–water partition coefficient (Wildman–Crippen LogP) is 5.46. The van der Waals surface area contributed by atoms with Gasteiger partial charge in [0, 0.05) is 5.25 Å². The lowest BCUT2D eigenvalue weighted by Gasteiger charge is -2.19. The number of hydrogen-bond acceptors (Lipinski definition) is 10. The molecule has 0 radical (unpaired) electrons. The van der Waals surface area contributed by atoms with Crippen LogP contribution in [0, 0.1) is 5.92 Å². The van der Waals surface area contributed by atoms with Crippen LogP contribution in [0.3, 0.4) is 0 Å². The summed E-state index contributed by atoms with van der Waals surface area (Å²) in [6.07, 6.45) is -0.00343. The van der Waals surface area contributed by atoms with E-state index in [9.17, 15) is 10.2 Å². The molecule has 0 saturated heterocycles. The molecule has 0 aliphatic rings. The van der Waals surface area contributed by atoms with Crippen molar-refractivity contribution in [3.63, 3.8) is 0 Å². The van der Waals surface area contributed by atoms with E-state index in [1.165, 1.54) is 16.9 Å². The van der Waals surface area contributed by atoms with Gasteiger partial charge < -0.3 is 25.1 Å². The van der Waals surface area contributed by atoms with Crippen molar-refractivity contribution in [1.29, 1.82) is 0 Å². The molecule has 5 atom stereocenters. The van der Waals surface area contributed by atoms with Crippen molar-refractivity contribution in [2.75, 3.05) is 17.0 Å². The number of anilines is 2. The first-order valence-corrected chi connectivity index (χ1v) is 14.0. The zero-order chi connectivity index (χ0) is 24.7. The summed E-state index contributed by atoms with van der Waals surface area (Å²) in [7, 11) is -0.0442. The topological polar surface area (TPSA) is 112 Å². The Balaban J connectivity index is 1.86. The molecule has 0 aliphatic heterocycles. The first-order valence-electron chi connectivity index (χ1n) is 11.4. The van der Waals surface area contributed by atoms with Crippen molar-refractivity contribution in [3.8, 4) is 0 Å². The molecule has 34 heavy (non-hydrogen) atoms. The minimum absolute atomic E-state index is 0.0168. The summed E-state index contributed by atoms with van der Waals surface area (Å²) in [6, 6.07) is 10.1. The molecular formula is C23H34N5O3PS2. The normalized spacial score (nSPS) is 15.6. The molecule has 4 N–H and O–H groups in total. The number of hydrogen-bond donors (Lipinski definition) is 4. The minimum atomic E-state index is -0.547. The third kappa shape index (κ3) is 7.73. The maximum absolute atomic E-state index is 9.92. The summed E-state index contributed by atoms with van der Waals surface area (Å²) in [4.78, 5) is 14.2. The van der Waals surface area contributed by atoms with Gasteiger partial charge in [-0.2, -0.15) is 4.98 Å². The molecule has 8 nitrogen and oxygen atoms in total. The molecule has 0 bridgehead atoms. The number of benzene rings is 1. The quantitative estimate of drug-likeness (QED) is 0.132. The molecule has 0 amide bonds. The fraction of sp³-hybridized carbons (Fsp3) is 0.522. The largest absolute Gasteiger partial charge is 0.394 e. The molecular weight excluding hydrogens is 489 g/mol. The third-order valence-electron chi connectivity index (χ3n) is 5.18. The van der Waals surface area contributed by atoms with Gasteiger partial charge in [-0.1, -0.05) is 67.3 Å². The minimum Gasteiger partial charge on any atom is -0.394 e. The first kappa shape index (κ1) is 27.0. The summed E-state index contributed by atoms with van der Waals surface area (Å²) in [5, 5.41) is 27.6. The van der Waals surface area contributed by atoms with Gasteiger partial charge in [0.2, 0.25) is 0 Å². The number of nitrogens with one attached hydrogen (secondary N) is 2. The van der Waals surface area contributed by atoms with Crippen LogP contribution in [0.25, 0.3) is 10.3 Å². The molecule has 11 heteroatoms. The van der Waals surface area contributed by atoms with E-state index in [0.29, 0.717) is 27.7 Å². The lowest BCUT2D eigenvalue weighted by atomic mass is 10.0. The lowest BCUT2D eigenvalue weighted by molar-refractivity contribution is 0.0715. The van der Waals surface area contributed by atoms with Gasteiger partial charge in [0.15, 0.2) is 21.8 Å². The summed E-state index contributed by atoms with van der Waals surface area (Å²) >= 11 is 3.02. The van der Waals surface area contributed by atoms with E-state index in [-0.39, 0.29) is 33.0 Å². The molecule has 186 valence electrons. The Bertz CT molecular complexity index is 1040. The number of aliphatic hydroxyl groups is 2. The smallest absolute Gasteiger partial charge is 0.192 e. The molecule has 4 unspecified atom stereocenters. The Labute approximate surface area is 211 Å². The molecule has 0 aliphatic carbocycles. The zero-order valence-electron chi connectivity index (χ0n) is 20.1. The number of thioether (sulfide) groups is 1. The van der Waals surface area contributed by atoms with E-state index in [1.54, 1.807) is 18.7 Å². The van der Waals surface area contributed by atoms with Gasteiger partial charge in [-0.3, -0.25) is 0 Å². The average molecular weight is 524 g/mol. The monoisotopic (exact) mass is 523 g/mol. The van der Waals surface area contributed by atoms with Crippen molar-refractivity contribution < 1.29 is 14.7 Å². The van der Waals surface area contributed by atoms with Gasteiger partial charge >= 0.3 is 0 Å². The van der Waals surface area contributed by atoms with Crippen LogP contribution in [0.4, 0.5) is 10.9 Å². The third-order valence-corrected chi connectivity index (χ3v) is 8.18. The number of rotatable bonds is 13. The summed E-state index contributed by atoms with van der Waals surface area (Å²) < 4.78 is 6.46. The van der Waals surface area contributed by atoms with E-state index < -0.39 is 6.10 Å². The van der Waals surface area contributed by atoms with Crippen LogP contribution in [-0.2, 0) is 4.52 Å². The number of nitrogens with zero attached hydrogens (tertiary/aromatic N) is 3. The van der Waals surface area contributed by atoms with Crippen LogP contribution >= 0.6 is 32.1 Å². The molecule has 3 rings (SSSR count). The number of aromatic nitrogens is 3. The van der Waals surface area contributed by atoms with E-state index in [1.807, 2.05) is 25.1 Å². The molecule has 0 fully saturated rings. The molecule has 2 aromatic heterocycles. The number of thiazole rings is 1. The Kier molecular flexibility index (Phi) is 10.3. The van der Waals surface area contributed by atoms with E-state index >= 15 is 0 Å². The summed E-state index contributed by atoms with van der Waals surface area (Å²) in [5.41, 5.74) is 1.80. The van der Waals surface area contributed by atoms with E-state index in [4.69, 9.17) is 14.5 Å². The highest BCUT2D eigenvalue weighted by Gasteiger charge is 2.19. The first-order chi connectivity index (χ1) is 16.3. The molecule has 3 aromatic rings. The maximum atomic E-state index is 9.92. The Morgan fingerprint density at radius 3 is 2.47 bits per heavy atom. The van der Waals surface area contributed by atoms with Crippen LogP contribution in [0.1, 0.15) is 51.9 Å². The standard InChI is InChI=1S/C23H34N5O3PS2/c1-13(2)11-18(12-29)24-20-19-21(27-23(34-19)28-32-31-15(4)14(3)30)26-22(25-20)33-16(5)17-9-7-6-8-10-17/h6-10,13-16,18,29-30,32H,11-12H2,1-5H3,(H2,24,25,26,27,28)/t14?,15?,16-,18?/m0/s1. The van der Waals surface area contributed by atoms with Crippen LogP contribution in [-0.4, -0.2) is 50.0 Å².